The van der Waals surface area contributed by atoms with Crippen molar-refractivity contribution in [3.63, 3.8) is 0 Å². The third-order valence-electron chi connectivity index (χ3n) is 3.55. The predicted molar refractivity (Wildman–Crippen MR) is 67.5 cm³/mol. The number of hydrogen-bond acceptors (Lipinski definition) is 3. The third kappa shape index (κ3) is 1.60. The van der Waals surface area contributed by atoms with E-state index < -0.39 is 0 Å². The molecule has 1 saturated heterocycles. The molecule has 17 heavy (non-hydrogen) atoms. The maximum Gasteiger partial charge on any atom is 0.146 e. The van der Waals surface area contributed by atoms with Crippen molar-refractivity contribution in [3.05, 3.63) is 24.0 Å². The Morgan fingerprint density at radius 1 is 1.47 bits per heavy atom. The van der Waals surface area contributed by atoms with Crippen LogP contribution >= 0.6 is 0 Å². The molecule has 0 amide bonds. The molecule has 0 aliphatic carbocycles. The Hall–Kier alpha value is -1.55. The quantitative estimate of drug-likeness (QED) is 0.854. The summed E-state index contributed by atoms with van der Waals surface area (Å²) < 4.78 is 7.56. The minimum Gasteiger partial charge on any atom is -0.494 e. The number of methoxy groups -OCH3 is 1. The van der Waals surface area contributed by atoms with E-state index in [0.29, 0.717) is 5.92 Å². The van der Waals surface area contributed by atoms with Gasteiger partial charge in [0.05, 0.1) is 12.6 Å². The van der Waals surface area contributed by atoms with Crippen LogP contribution < -0.4 is 10.1 Å². The second-order valence-corrected chi connectivity index (χ2v) is 4.55. The summed E-state index contributed by atoms with van der Waals surface area (Å²) in [5.41, 5.74) is 2.12. The molecule has 1 atom stereocenters. The van der Waals surface area contributed by atoms with Gasteiger partial charge in [-0.1, -0.05) is 6.07 Å². The smallest absolute Gasteiger partial charge is 0.146 e. The van der Waals surface area contributed by atoms with Crippen LogP contribution in [0.15, 0.2) is 18.2 Å². The van der Waals surface area contributed by atoms with Crippen molar-refractivity contribution in [2.45, 2.75) is 12.3 Å². The fraction of sp³-hybridized carbons (Fsp3) is 0.462. The second kappa shape index (κ2) is 4.04. The van der Waals surface area contributed by atoms with Crippen LogP contribution in [-0.4, -0.2) is 29.8 Å². The number of nitrogens with one attached hydrogen (secondary N) is 1. The lowest BCUT2D eigenvalue weighted by Crippen LogP contribution is -2.11. The molecule has 1 aliphatic rings. The first kappa shape index (κ1) is 10.6. The maximum atomic E-state index is 5.37. The highest BCUT2D eigenvalue weighted by Crippen LogP contribution is 2.29. The van der Waals surface area contributed by atoms with Gasteiger partial charge in [0, 0.05) is 19.5 Å². The minimum atomic E-state index is 0.525. The first-order valence-corrected chi connectivity index (χ1v) is 6.01. The van der Waals surface area contributed by atoms with Crippen LogP contribution in [0.1, 0.15) is 18.2 Å². The average Bonchev–Trinajstić information content (AvgIpc) is 2.97. The number of benzene rings is 1. The molecule has 1 aromatic heterocycles. The molecule has 0 bridgehead atoms. The van der Waals surface area contributed by atoms with Gasteiger partial charge in [-0.15, -0.1) is 0 Å². The van der Waals surface area contributed by atoms with E-state index in [1.54, 1.807) is 7.11 Å². The second-order valence-electron chi connectivity index (χ2n) is 4.55. The molecule has 4 nitrogen and oxygen atoms in total. The van der Waals surface area contributed by atoms with Crippen LogP contribution in [0.5, 0.6) is 5.75 Å². The maximum absolute atomic E-state index is 5.37. The highest BCUT2D eigenvalue weighted by molar-refractivity contribution is 5.82. The SMILES string of the molecule is COc1cccc2c1nc(C1CCNC1)n2C. The van der Waals surface area contributed by atoms with Gasteiger partial charge in [-0.25, -0.2) is 4.98 Å². The van der Waals surface area contributed by atoms with Gasteiger partial charge in [-0.3, -0.25) is 0 Å². The summed E-state index contributed by atoms with van der Waals surface area (Å²) in [7, 11) is 3.78. The standard InChI is InChI=1S/C13H17N3O/c1-16-10-4-3-5-11(17-2)12(10)15-13(16)9-6-7-14-8-9/h3-5,9,14H,6-8H2,1-2H3. The molecule has 1 aromatic carbocycles. The molecular formula is C13H17N3O. The van der Waals surface area contributed by atoms with E-state index in [1.165, 1.54) is 6.42 Å². The summed E-state index contributed by atoms with van der Waals surface area (Å²) in [6.45, 7) is 2.12. The van der Waals surface area contributed by atoms with Crippen molar-refractivity contribution in [1.29, 1.82) is 0 Å². The monoisotopic (exact) mass is 231 g/mol. The van der Waals surface area contributed by atoms with Crippen molar-refractivity contribution >= 4 is 11.0 Å². The first-order valence-electron chi connectivity index (χ1n) is 6.01. The number of imidazole rings is 1. The molecule has 1 N–H and O–H groups in total. The lowest BCUT2D eigenvalue weighted by molar-refractivity contribution is 0.419. The normalized spacial score (nSPS) is 20.0. The van der Waals surface area contributed by atoms with E-state index in [1.807, 2.05) is 12.1 Å². The van der Waals surface area contributed by atoms with Gasteiger partial charge in [0.1, 0.15) is 17.1 Å². The Morgan fingerprint density at radius 3 is 3.06 bits per heavy atom. The summed E-state index contributed by atoms with van der Waals surface area (Å²) in [4.78, 5) is 4.76. The third-order valence-corrected chi connectivity index (χ3v) is 3.55. The van der Waals surface area contributed by atoms with Crippen molar-refractivity contribution in [3.8, 4) is 5.75 Å². The predicted octanol–water partition coefficient (Wildman–Crippen LogP) is 1.66. The van der Waals surface area contributed by atoms with Gasteiger partial charge >= 0.3 is 0 Å². The number of nitrogens with zero attached hydrogens (tertiary/aromatic N) is 2. The van der Waals surface area contributed by atoms with E-state index in [-0.39, 0.29) is 0 Å². The number of ether oxygens (including phenoxy) is 1. The zero-order valence-electron chi connectivity index (χ0n) is 10.2. The molecule has 1 fully saturated rings. The molecule has 0 spiro atoms. The number of aromatic nitrogens is 2. The fourth-order valence-corrected chi connectivity index (χ4v) is 2.61. The summed E-state index contributed by atoms with van der Waals surface area (Å²) in [5.74, 6) is 2.54. The molecular weight excluding hydrogens is 214 g/mol. The molecule has 0 saturated carbocycles. The molecule has 1 aliphatic heterocycles. The van der Waals surface area contributed by atoms with Crippen LogP contribution in [0.4, 0.5) is 0 Å². The van der Waals surface area contributed by atoms with Crippen molar-refractivity contribution in [2.75, 3.05) is 20.2 Å². The van der Waals surface area contributed by atoms with Gasteiger partial charge < -0.3 is 14.6 Å². The lowest BCUT2D eigenvalue weighted by Gasteiger charge is -2.07. The Morgan fingerprint density at radius 2 is 2.35 bits per heavy atom. The van der Waals surface area contributed by atoms with Crippen LogP contribution in [0.3, 0.4) is 0 Å². The fourth-order valence-electron chi connectivity index (χ4n) is 2.61. The van der Waals surface area contributed by atoms with E-state index in [0.717, 1.165) is 35.7 Å². The van der Waals surface area contributed by atoms with Crippen LogP contribution in [0.2, 0.25) is 0 Å². The summed E-state index contributed by atoms with van der Waals surface area (Å²) in [6, 6.07) is 6.07. The Kier molecular flexibility index (Phi) is 2.52. The van der Waals surface area contributed by atoms with E-state index in [9.17, 15) is 0 Å². The van der Waals surface area contributed by atoms with E-state index >= 15 is 0 Å². The van der Waals surface area contributed by atoms with Crippen LogP contribution in [-0.2, 0) is 7.05 Å². The molecule has 1 unspecified atom stereocenters. The minimum absolute atomic E-state index is 0.525. The summed E-state index contributed by atoms with van der Waals surface area (Å²) in [5, 5.41) is 3.39. The highest BCUT2D eigenvalue weighted by atomic mass is 16.5. The van der Waals surface area contributed by atoms with Gasteiger partial charge in [-0.05, 0) is 25.1 Å². The average molecular weight is 231 g/mol. The molecule has 2 heterocycles. The molecule has 4 heteroatoms. The van der Waals surface area contributed by atoms with Crippen molar-refractivity contribution < 1.29 is 4.74 Å². The van der Waals surface area contributed by atoms with Crippen LogP contribution in [0, 0.1) is 0 Å². The number of rotatable bonds is 2. The van der Waals surface area contributed by atoms with Gasteiger partial charge in [0.2, 0.25) is 0 Å². The van der Waals surface area contributed by atoms with Crippen molar-refractivity contribution in [2.24, 2.45) is 7.05 Å². The topological polar surface area (TPSA) is 39.1 Å². The zero-order chi connectivity index (χ0) is 11.8. The van der Waals surface area contributed by atoms with Gasteiger partial charge in [-0.2, -0.15) is 0 Å². The highest BCUT2D eigenvalue weighted by Gasteiger charge is 2.22. The largest absolute Gasteiger partial charge is 0.494 e. The number of hydrogen-bond donors (Lipinski definition) is 1. The first-order chi connectivity index (χ1) is 8.31. The molecule has 0 radical (unpaired) electrons. The van der Waals surface area contributed by atoms with Crippen LogP contribution in [0.25, 0.3) is 11.0 Å². The molecule has 2 aromatic rings. The molecule has 3 rings (SSSR count). The van der Waals surface area contributed by atoms with E-state index in [2.05, 4.69) is 23.0 Å². The zero-order valence-corrected chi connectivity index (χ0v) is 10.2. The number of para-hydroxylation sites is 1. The number of aryl methyl sites for hydroxylation is 1. The van der Waals surface area contributed by atoms with Gasteiger partial charge in [0.15, 0.2) is 0 Å². The van der Waals surface area contributed by atoms with Crippen molar-refractivity contribution in [1.82, 2.24) is 14.9 Å². The number of fused-ring (bicyclic) bond motifs is 1. The summed E-state index contributed by atoms with van der Waals surface area (Å²) >= 11 is 0. The Bertz CT molecular complexity index is 541. The Balaban J connectivity index is 2.16. The lowest BCUT2D eigenvalue weighted by atomic mass is 10.1. The van der Waals surface area contributed by atoms with Gasteiger partial charge in [0.25, 0.3) is 0 Å². The Labute approximate surface area is 101 Å². The molecule has 90 valence electrons. The van der Waals surface area contributed by atoms with E-state index in [4.69, 9.17) is 9.72 Å². The summed E-state index contributed by atoms with van der Waals surface area (Å²) in [6.07, 6.45) is 1.17.